The van der Waals surface area contributed by atoms with Gasteiger partial charge in [0.05, 0.1) is 12.5 Å². The number of aliphatic hydroxyl groups is 4. The minimum atomic E-state index is -2.39. The molecule has 9 heteroatoms. The second kappa shape index (κ2) is 29.7. The minimum absolute atomic E-state index is 0.304. The van der Waals surface area contributed by atoms with E-state index in [4.69, 9.17) is 5.11 Å². The lowest BCUT2D eigenvalue weighted by Gasteiger charge is -2.26. The van der Waals surface area contributed by atoms with Crippen molar-refractivity contribution in [3.8, 4) is 0 Å². The van der Waals surface area contributed by atoms with E-state index in [1.807, 2.05) is 0 Å². The lowest BCUT2D eigenvalue weighted by molar-refractivity contribution is -0.368. The maximum atomic E-state index is 11.7. The Labute approximate surface area is 238 Å². The highest BCUT2D eigenvalue weighted by Gasteiger charge is 2.34. The smallest absolute Gasteiger partial charge is 0.251 e. The summed E-state index contributed by atoms with van der Waals surface area (Å²) >= 11 is 0. The highest BCUT2D eigenvalue weighted by Crippen LogP contribution is 2.11. The molecule has 0 fully saturated rings. The summed E-state index contributed by atoms with van der Waals surface area (Å²) in [5, 5.41) is 50.4. The molecular formula is C30H62N2O7. The predicted molar refractivity (Wildman–Crippen MR) is 153 cm³/mol. The van der Waals surface area contributed by atoms with Gasteiger partial charge in [0.2, 0.25) is 0 Å². The highest BCUT2D eigenvalue weighted by molar-refractivity contribution is 5.81. The molecule has 0 spiro atoms. The number of rotatable bonds is 26. The molecule has 0 aromatic heterocycles. The van der Waals surface area contributed by atoms with Crippen LogP contribution in [0.1, 0.15) is 142 Å². The van der Waals surface area contributed by atoms with E-state index < -0.39 is 36.3 Å². The molecule has 9 nitrogen and oxygen atoms in total. The lowest BCUT2D eigenvalue weighted by atomic mass is 10.0. The van der Waals surface area contributed by atoms with E-state index in [1.54, 1.807) is 0 Å². The van der Waals surface area contributed by atoms with Gasteiger partial charge in [-0.05, 0) is 19.3 Å². The zero-order chi connectivity index (χ0) is 29.7. The van der Waals surface area contributed by atoms with Crippen LogP contribution in [0.25, 0.3) is 0 Å². The number of carbonyl (C=O) groups excluding carboxylic acids is 2. The van der Waals surface area contributed by atoms with Crippen LogP contribution in [0.4, 0.5) is 0 Å². The van der Waals surface area contributed by atoms with Crippen LogP contribution in [0.2, 0.25) is 0 Å². The number of carbonyl (C=O) groups is 2. The van der Waals surface area contributed by atoms with Gasteiger partial charge in [0.25, 0.3) is 5.91 Å². The van der Waals surface area contributed by atoms with Crippen LogP contribution in [-0.4, -0.2) is 69.8 Å². The molecule has 0 saturated heterocycles. The van der Waals surface area contributed by atoms with Gasteiger partial charge in [0, 0.05) is 6.54 Å². The maximum absolute atomic E-state index is 11.7. The standard InChI is InChI=1S/C18H35NO7.C12H27N/c1-2-3-4-5-6-7-8-9-10-11-12-19-17(24)15(22)13(20)14(21)16(23)18(25)26;1-2-3-4-5-6-7-8-9-10-11-12-13/h13-16,20-23H,2-12H2,1H3,(H,19,24)(H,25,26);2-13H2,1H3/t13-,14-,15+,16-;/m1./s1. The first-order chi connectivity index (χ1) is 18.7. The van der Waals surface area contributed by atoms with Crippen LogP contribution >= 0.6 is 0 Å². The number of amides is 1. The topological polar surface area (TPSA) is 178 Å². The van der Waals surface area contributed by atoms with Crippen LogP contribution in [-0.2, 0) is 9.59 Å². The van der Waals surface area contributed by atoms with Crippen molar-refractivity contribution in [2.24, 2.45) is 0 Å². The molecule has 0 aromatic carbocycles. The molecule has 0 aliphatic heterocycles. The van der Waals surface area contributed by atoms with E-state index in [-0.39, 0.29) is 0 Å². The van der Waals surface area contributed by atoms with Crippen LogP contribution < -0.4 is 16.2 Å². The van der Waals surface area contributed by atoms with Crippen molar-refractivity contribution in [2.75, 3.05) is 13.1 Å². The van der Waals surface area contributed by atoms with Crippen LogP contribution in [0.15, 0.2) is 0 Å². The molecule has 39 heavy (non-hydrogen) atoms. The van der Waals surface area contributed by atoms with Gasteiger partial charge in [0.15, 0.2) is 6.10 Å². The Kier molecular flexibility index (Phi) is 30.4. The Balaban J connectivity index is 0. The van der Waals surface area contributed by atoms with Crippen molar-refractivity contribution in [1.29, 1.82) is 0 Å². The second-order valence-electron chi connectivity index (χ2n) is 10.7. The summed E-state index contributed by atoms with van der Waals surface area (Å²) in [6.07, 6.45) is 16.9. The Morgan fingerprint density at radius 1 is 0.590 bits per heavy atom. The third kappa shape index (κ3) is 25.5. The number of carboxylic acids is 1. The quantitative estimate of drug-likeness (QED) is 0.0876. The molecule has 0 unspecified atom stereocenters. The summed E-state index contributed by atoms with van der Waals surface area (Å²) in [4.78, 5) is 22.1. The fourth-order valence-electron chi connectivity index (χ4n) is 4.26. The molecule has 0 aliphatic carbocycles. The molecule has 4 atom stereocenters. The minimum Gasteiger partial charge on any atom is -0.547 e. The van der Waals surface area contributed by atoms with Crippen LogP contribution in [0.5, 0.6) is 0 Å². The largest absolute Gasteiger partial charge is 0.547 e. The van der Waals surface area contributed by atoms with Crippen molar-refractivity contribution < 1.29 is 40.9 Å². The molecule has 1 amide bonds. The first-order valence-corrected chi connectivity index (χ1v) is 15.7. The summed E-state index contributed by atoms with van der Waals surface area (Å²) in [5.41, 5.74) is 3.85. The number of unbranched alkanes of at least 4 members (excludes halogenated alkanes) is 18. The number of quaternary nitrogens is 1. The molecule has 8 N–H and O–H groups in total. The number of hydrogen-bond acceptors (Lipinski definition) is 7. The summed E-state index contributed by atoms with van der Waals surface area (Å²) < 4.78 is 0. The number of carboxylic acid groups (broad SMARTS) is 1. The molecule has 0 rings (SSSR count). The van der Waals surface area contributed by atoms with E-state index in [2.05, 4.69) is 24.9 Å². The van der Waals surface area contributed by atoms with Crippen molar-refractivity contribution >= 4 is 11.9 Å². The zero-order valence-corrected chi connectivity index (χ0v) is 25.1. The first-order valence-electron chi connectivity index (χ1n) is 15.7. The maximum Gasteiger partial charge on any atom is 0.251 e. The van der Waals surface area contributed by atoms with Crippen molar-refractivity contribution in [1.82, 2.24) is 5.32 Å². The highest BCUT2D eigenvalue weighted by atomic mass is 16.4. The van der Waals surface area contributed by atoms with Gasteiger partial charge < -0.3 is 41.4 Å². The van der Waals surface area contributed by atoms with Gasteiger partial charge in [-0.15, -0.1) is 0 Å². The van der Waals surface area contributed by atoms with E-state index in [9.17, 15) is 30.0 Å². The Hall–Kier alpha value is -1.26. The normalized spacial score (nSPS) is 14.1. The summed E-state index contributed by atoms with van der Waals surface area (Å²) in [7, 11) is 0. The lowest BCUT2D eigenvalue weighted by Crippen LogP contribution is -2.55. The SMILES string of the molecule is CCCCCCCCCCCCNC(=O)[C@@H](O)[C@H](O)[C@@H](O)[C@@H](O)C(=O)[O-].CCCCCCCCCCCC[NH3+]. The molecule has 0 saturated carbocycles. The number of aliphatic hydroxyl groups excluding tert-OH is 4. The Morgan fingerprint density at radius 2 is 0.923 bits per heavy atom. The Bertz CT molecular complexity index is 541. The van der Waals surface area contributed by atoms with Gasteiger partial charge in [-0.3, -0.25) is 4.79 Å². The monoisotopic (exact) mass is 562 g/mol. The van der Waals surface area contributed by atoms with Crippen molar-refractivity contribution in [2.45, 2.75) is 167 Å². The molecule has 0 aromatic rings. The molecule has 0 heterocycles. The van der Waals surface area contributed by atoms with Crippen molar-refractivity contribution in [3.63, 3.8) is 0 Å². The fourth-order valence-corrected chi connectivity index (χ4v) is 4.26. The summed E-state index contributed by atoms with van der Waals surface area (Å²) in [6, 6.07) is 0. The zero-order valence-electron chi connectivity index (χ0n) is 25.1. The second-order valence-corrected chi connectivity index (χ2v) is 10.7. The van der Waals surface area contributed by atoms with E-state index in [1.165, 1.54) is 103 Å². The van der Waals surface area contributed by atoms with Gasteiger partial charge in [-0.25, -0.2) is 0 Å². The molecule has 0 radical (unpaired) electrons. The number of hydrogen-bond donors (Lipinski definition) is 6. The van der Waals surface area contributed by atoms with Gasteiger partial charge >= 0.3 is 0 Å². The number of aliphatic carboxylic acids is 1. The Morgan fingerprint density at radius 3 is 1.28 bits per heavy atom. The van der Waals surface area contributed by atoms with Gasteiger partial charge in [-0.2, -0.15) is 0 Å². The molecule has 234 valence electrons. The van der Waals surface area contributed by atoms with Crippen LogP contribution in [0.3, 0.4) is 0 Å². The third-order valence-electron chi connectivity index (χ3n) is 6.94. The predicted octanol–water partition coefficient (Wildman–Crippen LogP) is 2.37. The average Bonchev–Trinajstić information content (AvgIpc) is 2.93. The van der Waals surface area contributed by atoms with E-state index in [0.717, 1.165) is 25.8 Å². The average molecular weight is 563 g/mol. The third-order valence-corrected chi connectivity index (χ3v) is 6.94. The van der Waals surface area contributed by atoms with E-state index >= 15 is 0 Å². The van der Waals surface area contributed by atoms with E-state index in [0.29, 0.717) is 13.0 Å². The molecular weight excluding hydrogens is 500 g/mol. The summed E-state index contributed by atoms with van der Waals surface area (Å²) in [6.45, 7) is 5.89. The molecule has 0 bridgehead atoms. The summed E-state index contributed by atoms with van der Waals surface area (Å²) in [5.74, 6) is -2.94. The molecule has 0 aliphatic rings. The van der Waals surface area contributed by atoms with Crippen LogP contribution in [0, 0.1) is 0 Å². The first kappa shape index (κ1) is 39.9. The number of nitrogens with one attached hydrogen (secondary N) is 1. The fraction of sp³-hybridized carbons (Fsp3) is 0.933. The van der Waals surface area contributed by atoms with Crippen molar-refractivity contribution in [3.05, 3.63) is 0 Å². The van der Waals surface area contributed by atoms with Gasteiger partial charge in [-0.1, -0.05) is 123 Å². The van der Waals surface area contributed by atoms with Gasteiger partial charge in [0.1, 0.15) is 18.3 Å².